The minimum atomic E-state index is -0.906. The van der Waals surface area contributed by atoms with E-state index in [4.69, 9.17) is 16.8 Å². The topological polar surface area (TPSA) is 142 Å². The minimum Gasteiger partial charge on any atom is -0.481 e. The summed E-state index contributed by atoms with van der Waals surface area (Å²) in [5, 5.41) is 14.7. The highest BCUT2D eigenvalue weighted by Crippen LogP contribution is 2.21. The number of nitrogens with one attached hydrogen (secondary N) is 2. The second-order valence-electron chi connectivity index (χ2n) is 7.33. The number of aromatic nitrogens is 1. The number of carboxylic acids is 1. The highest BCUT2D eigenvalue weighted by atomic mass is 16.4. The van der Waals surface area contributed by atoms with Crippen LogP contribution in [-0.4, -0.2) is 48.1 Å². The van der Waals surface area contributed by atoms with Crippen LogP contribution in [0.15, 0.2) is 47.7 Å². The first-order valence-corrected chi connectivity index (χ1v) is 10.9. The Balaban J connectivity index is 0.000000335. The van der Waals surface area contributed by atoms with Crippen molar-refractivity contribution in [1.29, 1.82) is 0 Å². The summed E-state index contributed by atoms with van der Waals surface area (Å²) in [6.07, 6.45) is 3.42. The average molecular weight is 444 g/mol. The van der Waals surface area contributed by atoms with Gasteiger partial charge in [0.15, 0.2) is 0 Å². The molecule has 0 unspecified atom stereocenters. The van der Waals surface area contributed by atoms with Crippen LogP contribution in [0.4, 0.5) is 5.82 Å². The standard InChI is InChI=1S/C16H19N3.C4H10N4O2.C3H8/c1-13-2-4-14(5-3-13)15-6-7-16(18-12-15)19-10-8-17-9-11-19;5-7-3(8-6)1-2-4(9)10;1-3-2/h2-7,12,17H,8-11H2,1H3;1-2,5-6H2,(H,7,8)(H,9,10);3H2,1-2H3. The summed E-state index contributed by atoms with van der Waals surface area (Å²) >= 11 is 0. The zero-order valence-electron chi connectivity index (χ0n) is 19.3. The zero-order valence-corrected chi connectivity index (χ0v) is 19.3. The van der Waals surface area contributed by atoms with Gasteiger partial charge < -0.3 is 26.6 Å². The first-order chi connectivity index (χ1) is 15.4. The number of hydrogen-bond acceptors (Lipinski definition) is 7. The van der Waals surface area contributed by atoms with Crippen molar-refractivity contribution in [3.05, 3.63) is 48.2 Å². The number of hydrogen-bond donors (Lipinski definition) is 5. The number of aryl methyl sites for hydroxylation is 1. The fourth-order valence-corrected chi connectivity index (χ4v) is 2.78. The largest absolute Gasteiger partial charge is 0.481 e. The zero-order chi connectivity index (χ0) is 23.8. The first-order valence-electron chi connectivity index (χ1n) is 10.9. The summed E-state index contributed by atoms with van der Waals surface area (Å²) in [5.41, 5.74) is 5.86. The number of hydrazone groups is 1. The number of anilines is 1. The Morgan fingerprint density at radius 3 is 2.19 bits per heavy atom. The molecule has 2 heterocycles. The number of nitrogens with two attached hydrogens (primary N) is 2. The summed E-state index contributed by atoms with van der Waals surface area (Å²) in [7, 11) is 0. The van der Waals surface area contributed by atoms with Gasteiger partial charge in [-0.3, -0.25) is 4.79 Å². The number of nitrogens with zero attached hydrogens (tertiary/aromatic N) is 3. The van der Waals surface area contributed by atoms with E-state index in [1.54, 1.807) is 0 Å². The van der Waals surface area contributed by atoms with Crippen LogP contribution in [0.25, 0.3) is 11.1 Å². The van der Waals surface area contributed by atoms with Crippen LogP contribution in [0, 0.1) is 6.92 Å². The lowest BCUT2D eigenvalue weighted by Crippen LogP contribution is -2.43. The minimum absolute atomic E-state index is 0.0275. The van der Waals surface area contributed by atoms with Crippen molar-refractivity contribution in [2.24, 2.45) is 16.8 Å². The van der Waals surface area contributed by atoms with Crippen LogP contribution in [0.3, 0.4) is 0 Å². The van der Waals surface area contributed by atoms with Gasteiger partial charge in [-0.2, -0.15) is 5.10 Å². The van der Waals surface area contributed by atoms with Gasteiger partial charge in [0.05, 0.1) is 6.42 Å². The summed E-state index contributed by atoms with van der Waals surface area (Å²) in [6.45, 7) is 10.5. The molecule has 0 aliphatic carbocycles. The molecule has 0 radical (unpaired) electrons. The van der Waals surface area contributed by atoms with E-state index in [1.165, 1.54) is 23.1 Å². The van der Waals surface area contributed by atoms with Gasteiger partial charge in [0.1, 0.15) is 11.7 Å². The van der Waals surface area contributed by atoms with E-state index in [9.17, 15) is 4.79 Å². The smallest absolute Gasteiger partial charge is 0.303 e. The molecule has 9 heteroatoms. The van der Waals surface area contributed by atoms with Crippen molar-refractivity contribution in [3.63, 3.8) is 0 Å². The SMILES string of the molecule is CCC.Cc1ccc(-c2ccc(N3CCNCC3)nc2)cc1.N/N=C(/CCC(=O)O)NN. The molecule has 32 heavy (non-hydrogen) atoms. The molecule has 1 aromatic heterocycles. The van der Waals surface area contributed by atoms with Gasteiger partial charge >= 0.3 is 5.97 Å². The normalized spacial score (nSPS) is 13.2. The molecule has 1 aromatic carbocycles. The molecular weight excluding hydrogens is 406 g/mol. The van der Waals surface area contributed by atoms with Crippen molar-refractivity contribution in [3.8, 4) is 11.1 Å². The van der Waals surface area contributed by atoms with E-state index in [-0.39, 0.29) is 18.7 Å². The highest BCUT2D eigenvalue weighted by Gasteiger charge is 2.11. The maximum atomic E-state index is 9.97. The molecule has 0 amide bonds. The Hall–Kier alpha value is -3.17. The molecule has 1 aliphatic heterocycles. The predicted molar refractivity (Wildman–Crippen MR) is 131 cm³/mol. The van der Waals surface area contributed by atoms with Gasteiger partial charge in [-0.25, -0.2) is 10.8 Å². The number of pyridine rings is 1. The fraction of sp³-hybridized carbons (Fsp3) is 0.435. The Morgan fingerprint density at radius 2 is 1.72 bits per heavy atom. The Labute approximate surface area is 190 Å². The third-order valence-corrected chi connectivity index (χ3v) is 4.47. The lowest BCUT2D eigenvalue weighted by molar-refractivity contribution is -0.136. The van der Waals surface area contributed by atoms with Crippen LogP contribution in [0.2, 0.25) is 0 Å². The number of amidine groups is 1. The number of carboxylic acid groups (broad SMARTS) is 1. The van der Waals surface area contributed by atoms with Gasteiger partial charge in [0.2, 0.25) is 0 Å². The lowest BCUT2D eigenvalue weighted by Gasteiger charge is -2.28. The predicted octanol–water partition coefficient (Wildman–Crippen LogP) is 2.47. The number of benzene rings is 1. The number of piperazine rings is 1. The molecule has 7 N–H and O–H groups in total. The molecule has 0 bridgehead atoms. The molecule has 2 aromatic rings. The van der Waals surface area contributed by atoms with E-state index >= 15 is 0 Å². The van der Waals surface area contributed by atoms with Crippen molar-refractivity contribution < 1.29 is 9.90 Å². The van der Waals surface area contributed by atoms with Gasteiger partial charge in [-0.1, -0.05) is 50.1 Å². The van der Waals surface area contributed by atoms with E-state index in [2.05, 4.69) is 82.9 Å². The molecule has 0 atom stereocenters. The van der Waals surface area contributed by atoms with Crippen molar-refractivity contribution >= 4 is 17.6 Å². The maximum absolute atomic E-state index is 9.97. The van der Waals surface area contributed by atoms with Crippen molar-refractivity contribution in [2.75, 3.05) is 31.1 Å². The second-order valence-corrected chi connectivity index (χ2v) is 7.33. The second kappa shape index (κ2) is 15.6. The van der Waals surface area contributed by atoms with E-state index in [0.717, 1.165) is 32.0 Å². The summed E-state index contributed by atoms with van der Waals surface area (Å²) in [5.74, 6) is 10.2. The molecule has 9 nitrogen and oxygen atoms in total. The van der Waals surface area contributed by atoms with Crippen LogP contribution in [-0.2, 0) is 4.79 Å². The van der Waals surface area contributed by atoms with Crippen LogP contribution in [0.5, 0.6) is 0 Å². The quantitative estimate of drug-likeness (QED) is 0.205. The van der Waals surface area contributed by atoms with E-state index in [0.29, 0.717) is 0 Å². The Morgan fingerprint density at radius 1 is 1.12 bits per heavy atom. The average Bonchev–Trinajstić information content (AvgIpc) is 2.82. The number of rotatable bonds is 5. The monoisotopic (exact) mass is 443 g/mol. The third kappa shape index (κ3) is 10.2. The molecule has 3 rings (SSSR count). The number of aliphatic carboxylic acids is 1. The van der Waals surface area contributed by atoms with E-state index in [1.807, 2.05) is 6.20 Å². The van der Waals surface area contributed by atoms with Gasteiger partial charge in [-0.15, -0.1) is 0 Å². The van der Waals surface area contributed by atoms with Gasteiger partial charge in [0, 0.05) is 44.4 Å². The van der Waals surface area contributed by atoms with Crippen molar-refractivity contribution in [1.82, 2.24) is 15.7 Å². The maximum Gasteiger partial charge on any atom is 0.303 e. The van der Waals surface area contributed by atoms with Gasteiger partial charge in [-0.05, 0) is 24.6 Å². The van der Waals surface area contributed by atoms with Crippen LogP contribution < -0.4 is 27.3 Å². The number of carbonyl (C=O) groups is 1. The van der Waals surface area contributed by atoms with Crippen molar-refractivity contribution in [2.45, 2.75) is 40.0 Å². The summed E-state index contributed by atoms with van der Waals surface area (Å²) < 4.78 is 0. The number of hydrazine groups is 1. The fourth-order valence-electron chi connectivity index (χ4n) is 2.78. The molecule has 1 saturated heterocycles. The van der Waals surface area contributed by atoms with Crippen LogP contribution in [0.1, 0.15) is 38.7 Å². The van der Waals surface area contributed by atoms with E-state index < -0.39 is 5.97 Å². The molecule has 0 saturated carbocycles. The first kappa shape index (κ1) is 26.9. The van der Waals surface area contributed by atoms with Crippen LogP contribution >= 0.6 is 0 Å². The highest BCUT2D eigenvalue weighted by molar-refractivity contribution is 5.84. The Bertz CT molecular complexity index is 802. The molecule has 1 fully saturated rings. The molecule has 176 valence electrons. The molecular formula is C23H37N7O2. The summed E-state index contributed by atoms with van der Waals surface area (Å²) in [6, 6.07) is 12.9. The Kier molecular flexibility index (Phi) is 13.1. The summed E-state index contributed by atoms with van der Waals surface area (Å²) in [4.78, 5) is 16.9. The van der Waals surface area contributed by atoms with Gasteiger partial charge in [0.25, 0.3) is 0 Å². The lowest BCUT2D eigenvalue weighted by atomic mass is 10.1. The third-order valence-electron chi connectivity index (χ3n) is 4.47. The molecule has 0 spiro atoms. The molecule has 1 aliphatic rings.